The highest BCUT2D eigenvalue weighted by Gasteiger charge is 2.19. The lowest BCUT2D eigenvalue weighted by Gasteiger charge is -2.33. The Bertz CT molecular complexity index is 855. The van der Waals surface area contributed by atoms with E-state index in [0.717, 1.165) is 18.7 Å². The maximum Gasteiger partial charge on any atom is 0.310 e. The summed E-state index contributed by atoms with van der Waals surface area (Å²) in [6, 6.07) is 14.7. The number of nitro benzene ring substituents is 1. The molecule has 0 saturated carbocycles. The minimum Gasteiger partial charge on any atom is -0.477 e. The fourth-order valence-corrected chi connectivity index (χ4v) is 3.61. The Hall–Kier alpha value is -2.93. The van der Waals surface area contributed by atoms with Gasteiger partial charge in [-0.1, -0.05) is 42.8 Å². The van der Waals surface area contributed by atoms with Gasteiger partial charge in [-0.2, -0.15) is 0 Å². The smallest absolute Gasteiger partial charge is 0.310 e. The topological polar surface area (TPSA) is 84.7 Å². The third-order valence-electron chi connectivity index (χ3n) is 5.33. The molecule has 1 aliphatic heterocycles. The first-order chi connectivity index (χ1) is 14.0. The van der Waals surface area contributed by atoms with Crippen molar-refractivity contribution in [2.24, 2.45) is 0 Å². The lowest BCUT2D eigenvalue weighted by atomic mass is 10.0. The van der Waals surface area contributed by atoms with E-state index in [1.165, 1.54) is 37.0 Å². The SMILES string of the molecule is C[C@@H]1CCCCN1Cc1ccccc1CNC(=O)COc1ccccc1[N+](=O)[O-]. The molecule has 154 valence electrons. The molecule has 1 saturated heterocycles. The van der Waals surface area contributed by atoms with Crippen LogP contribution in [0, 0.1) is 10.1 Å². The number of nitro groups is 1. The molecule has 0 unspecified atom stereocenters. The molecule has 3 rings (SSSR count). The molecule has 0 aromatic heterocycles. The van der Waals surface area contributed by atoms with Crippen molar-refractivity contribution in [3.8, 4) is 5.75 Å². The molecule has 2 aromatic rings. The summed E-state index contributed by atoms with van der Waals surface area (Å²) < 4.78 is 5.35. The number of hydrogen-bond donors (Lipinski definition) is 1. The van der Waals surface area contributed by atoms with Gasteiger partial charge in [-0.3, -0.25) is 19.8 Å². The Morgan fingerprint density at radius 3 is 2.66 bits per heavy atom. The van der Waals surface area contributed by atoms with Crippen LogP contribution in [0.15, 0.2) is 48.5 Å². The Kier molecular flexibility index (Phi) is 7.19. The number of likely N-dealkylation sites (tertiary alicyclic amines) is 1. The molecule has 0 spiro atoms. The summed E-state index contributed by atoms with van der Waals surface area (Å²) in [6.07, 6.45) is 3.74. The minimum atomic E-state index is -0.523. The first-order valence-electron chi connectivity index (χ1n) is 9.98. The molecule has 0 bridgehead atoms. The Balaban J connectivity index is 1.55. The van der Waals surface area contributed by atoms with E-state index in [1.807, 2.05) is 18.2 Å². The van der Waals surface area contributed by atoms with Gasteiger partial charge >= 0.3 is 5.69 Å². The molecular formula is C22H27N3O4. The summed E-state index contributed by atoms with van der Waals surface area (Å²) in [5, 5.41) is 13.9. The molecular weight excluding hydrogens is 370 g/mol. The number of nitrogens with zero attached hydrogens (tertiary/aromatic N) is 2. The van der Waals surface area contributed by atoms with E-state index in [9.17, 15) is 14.9 Å². The average molecular weight is 397 g/mol. The number of carbonyl (C=O) groups excluding carboxylic acids is 1. The van der Waals surface area contributed by atoms with E-state index >= 15 is 0 Å². The minimum absolute atomic E-state index is 0.0899. The maximum atomic E-state index is 12.2. The van der Waals surface area contributed by atoms with E-state index in [1.54, 1.807) is 12.1 Å². The van der Waals surface area contributed by atoms with E-state index in [2.05, 4.69) is 23.2 Å². The van der Waals surface area contributed by atoms with Crippen LogP contribution >= 0.6 is 0 Å². The van der Waals surface area contributed by atoms with Crippen molar-refractivity contribution >= 4 is 11.6 Å². The number of carbonyl (C=O) groups is 1. The molecule has 1 amide bonds. The quantitative estimate of drug-likeness (QED) is 0.543. The normalized spacial score (nSPS) is 16.9. The van der Waals surface area contributed by atoms with Crippen molar-refractivity contribution < 1.29 is 14.5 Å². The average Bonchev–Trinajstić information content (AvgIpc) is 2.73. The Labute approximate surface area is 170 Å². The molecule has 7 heteroatoms. The zero-order valence-electron chi connectivity index (χ0n) is 16.7. The lowest BCUT2D eigenvalue weighted by molar-refractivity contribution is -0.385. The summed E-state index contributed by atoms with van der Waals surface area (Å²) in [5.74, 6) is -0.226. The summed E-state index contributed by atoms with van der Waals surface area (Å²) >= 11 is 0. The van der Waals surface area contributed by atoms with Crippen LogP contribution < -0.4 is 10.1 Å². The molecule has 1 aliphatic rings. The molecule has 7 nitrogen and oxygen atoms in total. The van der Waals surface area contributed by atoms with Crippen LogP contribution in [0.25, 0.3) is 0 Å². The third-order valence-corrected chi connectivity index (χ3v) is 5.33. The molecule has 0 aliphatic carbocycles. The van der Waals surface area contributed by atoms with Crippen molar-refractivity contribution in [2.75, 3.05) is 13.2 Å². The molecule has 1 fully saturated rings. The summed E-state index contributed by atoms with van der Waals surface area (Å²) in [4.78, 5) is 25.2. The highest BCUT2D eigenvalue weighted by Crippen LogP contribution is 2.25. The van der Waals surface area contributed by atoms with Gasteiger partial charge in [0.15, 0.2) is 12.4 Å². The number of piperidine rings is 1. The van der Waals surface area contributed by atoms with Gasteiger partial charge in [-0.25, -0.2) is 0 Å². The molecule has 29 heavy (non-hydrogen) atoms. The van der Waals surface area contributed by atoms with Gasteiger partial charge in [0.05, 0.1) is 4.92 Å². The van der Waals surface area contributed by atoms with E-state index in [-0.39, 0.29) is 24.0 Å². The summed E-state index contributed by atoms with van der Waals surface area (Å²) in [7, 11) is 0. The van der Waals surface area contributed by atoms with Gasteiger partial charge in [0.2, 0.25) is 0 Å². The summed E-state index contributed by atoms with van der Waals surface area (Å²) in [5.41, 5.74) is 2.13. The van der Waals surface area contributed by atoms with Gasteiger partial charge in [0, 0.05) is 25.2 Å². The van der Waals surface area contributed by atoms with E-state index in [0.29, 0.717) is 12.6 Å². The Morgan fingerprint density at radius 1 is 1.17 bits per heavy atom. The first-order valence-corrected chi connectivity index (χ1v) is 9.98. The van der Waals surface area contributed by atoms with Crippen LogP contribution in [0.3, 0.4) is 0 Å². The second-order valence-electron chi connectivity index (χ2n) is 7.37. The number of ether oxygens (including phenoxy) is 1. The number of benzene rings is 2. The van der Waals surface area contributed by atoms with E-state index < -0.39 is 4.92 Å². The van der Waals surface area contributed by atoms with Crippen LogP contribution in [-0.2, 0) is 17.9 Å². The van der Waals surface area contributed by atoms with Crippen LogP contribution in [0.5, 0.6) is 5.75 Å². The number of nitrogens with one attached hydrogen (secondary N) is 1. The summed E-state index contributed by atoms with van der Waals surface area (Å²) in [6.45, 7) is 4.38. The molecule has 1 atom stereocenters. The number of rotatable bonds is 8. The predicted molar refractivity (Wildman–Crippen MR) is 111 cm³/mol. The van der Waals surface area contributed by atoms with Crippen LogP contribution in [0.2, 0.25) is 0 Å². The van der Waals surface area contributed by atoms with Gasteiger partial charge < -0.3 is 10.1 Å². The predicted octanol–water partition coefficient (Wildman–Crippen LogP) is 3.66. The highest BCUT2D eigenvalue weighted by molar-refractivity contribution is 5.77. The van der Waals surface area contributed by atoms with Crippen molar-refractivity contribution in [3.63, 3.8) is 0 Å². The first kappa shape index (κ1) is 20.8. The van der Waals surface area contributed by atoms with Gasteiger partial charge in [-0.15, -0.1) is 0 Å². The van der Waals surface area contributed by atoms with Crippen molar-refractivity contribution in [3.05, 3.63) is 69.8 Å². The second kappa shape index (κ2) is 10.0. The molecule has 0 radical (unpaired) electrons. The van der Waals surface area contributed by atoms with Crippen LogP contribution in [-0.4, -0.2) is 34.9 Å². The fraction of sp³-hybridized carbons (Fsp3) is 0.409. The van der Waals surface area contributed by atoms with Crippen molar-refractivity contribution in [1.82, 2.24) is 10.2 Å². The monoisotopic (exact) mass is 397 g/mol. The Morgan fingerprint density at radius 2 is 1.90 bits per heavy atom. The van der Waals surface area contributed by atoms with Crippen LogP contribution in [0.1, 0.15) is 37.3 Å². The van der Waals surface area contributed by atoms with Gasteiger partial charge in [0.1, 0.15) is 0 Å². The number of hydrogen-bond acceptors (Lipinski definition) is 5. The van der Waals surface area contributed by atoms with Crippen LogP contribution in [0.4, 0.5) is 5.69 Å². The zero-order chi connectivity index (χ0) is 20.6. The third kappa shape index (κ3) is 5.77. The lowest BCUT2D eigenvalue weighted by Crippen LogP contribution is -2.37. The zero-order valence-corrected chi connectivity index (χ0v) is 16.7. The fourth-order valence-electron chi connectivity index (χ4n) is 3.61. The van der Waals surface area contributed by atoms with Gasteiger partial charge in [0.25, 0.3) is 5.91 Å². The van der Waals surface area contributed by atoms with E-state index in [4.69, 9.17) is 4.74 Å². The number of para-hydroxylation sites is 2. The van der Waals surface area contributed by atoms with Gasteiger partial charge in [-0.05, 0) is 43.5 Å². The maximum absolute atomic E-state index is 12.2. The molecule has 1 heterocycles. The largest absolute Gasteiger partial charge is 0.477 e. The number of amides is 1. The molecule has 1 N–H and O–H groups in total. The van der Waals surface area contributed by atoms with Crippen molar-refractivity contribution in [1.29, 1.82) is 0 Å². The van der Waals surface area contributed by atoms with Crippen molar-refractivity contribution in [2.45, 2.75) is 45.3 Å². The second-order valence-corrected chi connectivity index (χ2v) is 7.37. The molecule has 2 aromatic carbocycles. The standard InChI is InChI=1S/C22H27N3O4/c1-17-8-6-7-13-24(17)15-19-10-3-2-9-18(19)14-23-22(26)16-29-21-12-5-4-11-20(21)25(27)28/h2-5,9-12,17H,6-8,13-16H2,1H3,(H,23,26)/t17-/m1/s1. The highest BCUT2D eigenvalue weighted by atomic mass is 16.6.